The highest BCUT2D eigenvalue weighted by Crippen LogP contribution is 2.65. The van der Waals surface area contributed by atoms with Gasteiger partial charge >= 0.3 is 12.1 Å². The summed E-state index contributed by atoms with van der Waals surface area (Å²) in [5.41, 5.74) is -1.88. The number of carboxylic acids is 1. The average Bonchev–Trinajstić information content (AvgIpc) is 2.80. The lowest BCUT2D eigenvalue weighted by Gasteiger charge is -2.10. The van der Waals surface area contributed by atoms with Gasteiger partial charge in [0, 0.05) is 5.92 Å². The lowest BCUT2D eigenvalue weighted by molar-refractivity contribution is -0.139. The number of benzene rings is 1. The van der Waals surface area contributed by atoms with Gasteiger partial charge in [0.1, 0.15) is 5.82 Å². The third-order valence-electron chi connectivity index (χ3n) is 3.75. The summed E-state index contributed by atoms with van der Waals surface area (Å²) in [5, 5.41) is 9.00. The zero-order valence-corrected chi connectivity index (χ0v) is 10.3. The molecule has 0 spiro atoms. The molecular weight excluding hydrogens is 264 g/mol. The highest BCUT2D eigenvalue weighted by molar-refractivity contribution is 5.77. The summed E-state index contributed by atoms with van der Waals surface area (Å²) in [6.45, 7) is 3.21. The second kappa shape index (κ2) is 3.95. The zero-order chi connectivity index (χ0) is 14.6. The van der Waals surface area contributed by atoms with Crippen molar-refractivity contribution in [2.24, 2.45) is 11.3 Å². The number of aliphatic carboxylic acids is 1. The topological polar surface area (TPSA) is 37.3 Å². The molecule has 0 radical (unpaired) electrons. The van der Waals surface area contributed by atoms with Crippen LogP contribution < -0.4 is 0 Å². The van der Waals surface area contributed by atoms with Crippen molar-refractivity contribution < 1.29 is 27.5 Å². The first kappa shape index (κ1) is 13.8. The lowest BCUT2D eigenvalue weighted by atomic mass is 10.0. The Balaban J connectivity index is 2.44. The third kappa shape index (κ3) is 2.19. The van der Waals surface area contributed by atoms with Crippen molar-refractivity contribution >= 4 is 5.97 Å². The van der Waals surface area contributed by atoms with E-state index in [0.29, 0.717) is 12.1 Å². The molecule has 0 amide bonds. The van der Waals surface area contributed by atoms with Crippen molar-refractivity contribution in [3.63, 3.8) is 0 Å². The standard InChI is InChI=1S/C13H12F4O2/c1-12(2)9(10(12)11(18)19)7-5-6(13(15,16)17)3-4-8(7)14/h3-5,9-10H,1-2H3,(H,18,19). The minimum atomic E-state index is -4.57. The highest BCUT2D eigenvalue weighted by Gasteiger charge is 2.63. The van der Waals surface area contributed by atoms with Crippen LogP contribution in [-0.4, -0.2) is 11.1 Å². The van der Waals surface area contributed by atoms with Gasteiger partial charge in [-0.05, 0) is 29.2 Å². The first-order valence-electron chi connectivity index (χ1n) is 5.66. The fraction of sp³-hybridized carbons (Fsp3) is 0.462. The molecule has 0 aromatic heterocycles. The molecule has 0 saturated heterocycles. The van der Waals surface area contributed by atoms with Crippen molar-refractivity contribution in [1.82, 2.24) is 0 Å². The molecule has 1 aromatic carbocycles. The molecule has 0 heterocycles. The van der Waals surface area contributed by atoms with Crippen LogP contribution in [0.5, 0.6) is 0 Å². The van der Waals surface area contributed by atoms with Gasteiger partial charge in [0.15, 0.2) is 0 Å². The zero-order valence-electron chi connectivity index (χ0n) is 10.3. The van der Waals surface area contributed by atoms with E-state index in [1.807, 2.05) is 0 Å². The first-order valence-corrected chi connectivity index (χ1v) is 5.66. The van der Waals surface area contributed by atoms with E-state index >= 15 is 0 Å². The minimum absolute atomic E-state index is 0.174. The fourth-order valence-electron chi connectivity index (χ4n) is 2.64. The molecule has 1 aliphatic carbocycles. The molecule has 0 aliphatic heterocycles. The predicted octanol–water partition coefficient (Wildman–Crippen LogP) is 3.67. The average molecular weight is 276 g/mol. The van der Waals surface area contributed by atoms with Crippen LogP contribution in [0.4, 0.5) is 17.6 Å². The van der Waals surface area contributed by atoms with E-state index < -0.39 is 40.8 Å². The largest absolute Gasteiger partial charge is 0.481 e. The van der Waals surface area contributed by atoms with Gasteiger partial charge in [-0.2, -0.15) is 13.2 Å². The fourth-order valence-corrected chi connectivity index (χ4v) is 2.64. The Bertz CT molecular complexity index is 534. The Morgan fingerprint density at radius 2 is 1.89 bits per heavy atom. The maximum atomic E-state index is 13.7. The molecule has 0 bridgehead atoms. The van der Waals surface area contributed by atoms with Gasteiger partial charge in [-0.1, -0.05) is 13.8 Å². The smallest absolute Gasteiger partial charge is 0.416 e. The van der Waals surface area contributed by atoms with Gasteiger partial charge in [-0.25, -0.2) is 4.39 Å². The van der Waals surface area contributed by atoms with Crippen LogP contribution >= 0.6 is 0 Å². The normalized spacial score (nSPS) is 25.2. The molecule has 1 aromatic rings. The van der Waals surface area contributed by atoms with Crippen LogP contribution in [-0.2, 0) is 11.0 Å². The highest BCUT2D eigenvalue weighted by atomic mass is 19.4. The number of carboxylic acid groups (broad SMARTS) is 1. The Morgan fingerprint density at radius 1 is 1.32 bits per heavy atom. The van der Waals surface area contributed by atoms with Gasteiger partial charge in [0.05, 0.1) is 11.5 Å². The minimum Gasteiger partial charge on any atom is -0.481 e. The molecule has 1 aliphatic rings. The number of halogens is 4. The number of alkyl halides is 3. The summed E-state index contributed by atoms with van der Waals surface area (Å²) in [6, 6.07) is 2.11. The van der Waals surface area contributed by atoms with E-state index in [4.69, 9.17) is 5.11 Å². The van der Waals surface area contributed by atoms with E-state index in [1.54, 1.807) is 13.8 Å². The SMILES string of the molecule is CC1(C)C(C(=O)O)C1c1cc(C(F)(F)F)ccc1F. The van der Waals surface area contributed by atoms with Crippen molar-refractivity contribution in [3.8, 4) is 0 Å². The van der Waals surface area contributed by atoms with Crippen molar-refractivity contribution in [3.05, 3.63) is 35.1 Å². The Hall–Kier alpha value is -1.59. The summed E-state index contributed by atoms with van der Waals surface area (Å²) >= 11 is 0. The quantitative estimate of drug-likeness (QED) is 0.837. The molecule has 2 unspecified atom stereocenters. The number of hydrogen-bond acceptors (Lipinski definition) is 1. The van der Waals surface area contributed by atoms with Gasteiger partial charge in [-0.15, -0.1) is 0 Å². The van der Waals surface area contributed by atoms with E-state index in [1.165, 1.54) is 0 Å². The van der Waals surface area contributed by atoms with E-state index in [0.717, 1.165) is 6.07 Å². The van der Waals surface area contributed by atoms with Gasteiger partial charge in [0.25, 0.3) is 0 Å². The van der Waals surface area contributed by atoms with E-state index in [-0.39, 0.29) is 5.56 Å². The maximum absolute atomic E-state index is 13.7. The molecule has 1 saturated carbocycles. The molecule has 1 fully saturated rings. The molecule has 2 atom stereocenters. The van der Waals surface area contributed by atoms with Crippen molar-refractivity contribution in [1.29, 1.82) is 0 Å². The van der Waals surface area contributed by atoms with Crippen LogP contribution in [0, 0.1) is 17.2 Å². The molecule has 1 N–H and O–H groups in total. The molecule has 6 heteroatoms. The molecule has 104 valence electrons. The van der Waals surface area contributed by atoms with Crippen LogP contribution in [0.1, 0.15) is 30.9 Å². The lowest BCUT2D eigenvalue weighted by Crippen LogP contribution is -2.07. The number of carbonyl (C=O) groups is 1. The predicted molar refractivity (Wildman–Crippen MR) is 59.0 cm³/mol. The second-order valence-electron chi connectivity index (χ2n) is 5.35. The monoisotopic (exact) mass is 276 g/mol. The van der Waals surface area contributed by atoms with Crippen LogP contribution in [0.15, 0.2) is 18.2 Å². The van der Waals surface area contributed by atoms with Crippen molar-refractivity contribution in [2.45, 2.75) is 25.9 Å². The summed E-state index contributed by atoms with van der Waals surface area (Å²) < 4.78 is 51.4. The summed E-state index contributed by atoms with van der Waals surface area (Å²) in [7, 11) is 0. The number of rotatable bonds is 2. The maximum Gasteiger partial charge on any atom is 0.416 e. The van der Waals surface area contributed by atoms with Gasteiger partial charge < -0.3 is 5.11 Å². The third-order valence-corrected chi connectivity index (χ3v) is 3.75. The second-order valence-corrected chi connectivity index (χ2v) is 5.35. The van der Waals surface area contributed by atoms with E-state index in [2.05, 4.69) is 0 Å². The molecule has 2 nitrogen and oxygen atoms in total. The van der Waals surface area contributed by atoms with Crippen molar-refractivity contribution in [2.75, 3.05) is 0 Å². The van der Waals surface area contributed by atoms with Crippen LogP contribution in [0.2, 0.25) is 0 Å². The molecular formula is C13H12F4O2. The summed E-state index contributed by atoms with van der Waals surface area (Å²) in [4.78, 5) is 11.0. The van der Waals surface area contributed by atoms with Crippen LogP contribution in [0.3, 0.4) is 0 Å². The Kier molecular flexibility index (Phi) is 2.88. The van der Waals surface area contributed by atoms with E-state index in [9.17, 15) is 22.4 Å². The Morgan fingerprint density at radius 3 is 2.32 bits per heavy atom. The number of hydrogen-bond donors (Lipinski definition) is 1. The summed E-state index contributed by atoms with van der Waals surface area (Å²) in [5.74, 6) is -3.50. The molecule has 2 rings (SSSR count). The Labute approximate surface area is 107 Å². The van der Waals surface area contributed by atoms with Gasteiger partial charge in [-0.3, -0.25) is 4.79 Å². The summed E-state index contributed by atoms with van der Waals surface area (Å²) in [6.07, 6.45) is -4.57. The van der Waals surface area contributed by atoms with Gasteiger partial charge in [0.2, 0.25) is 0 Å². The first-order chi connectivity index (χ1) is 8.56. The van der Waals surface area contributed by atoms with Crippen LogP contribution in [0.25, 0.3) is 0 Å². The molecule has 19 heavy (non-hydrogen) atoms.